The number of hydrogen-bond donors (Lipinski definition) is 1. The van der Waals surface area contributed by atoms with Gasteiger partial charge in [0.2, 0.25) is 5.95 Å². The van der Waals surface area contributed by atoms with Gasteiger partial charge >= 0.3 is 12.1 Å². The van der Waals surface area contributed by atoms with E-state index in [0.29, 0.717) is 32.1 Å². The number of carbonyl (C=O) groups excluding carboxylic acids is 2. The first-order valence-electron chi connectivity index (χ1n) is 13.7. The van der Waals surface area contributed by atoms with Crippen molar-refractivity contribution in [1.29, 1.82) is 0 Å². The highest BCUT2D eigenvalue weighted by atomic mass is 16.6. The maximum Gasteiger partial charge on any atom is 0.410 e. The topological polar surface area (TPSA) is 115 Å². The highest BCUT2D eigenvalue weighted by Gasteiger charge is 2.36. The second-order valence-corrected chi connectivity index (χ2v) is 11.4. The first-order valence-corrected chi connectivity index (χ1v) is 13.7. The molecular formula is C28H41N7O4. The van der Waals surface area contributed by atoms with Crippen molar-refractivity contribution in [1.82, 2.24) is 24.6 Å². The van der Waals surface area contributed by atoms with Gasteiger partial charge in [-0.2, -0.15) is 10.1 Å². The van der Waals surface area contributed by atoms with Gasteiger partial charge in [0.05, 0.1) is 24.4 Å². The average Bonchev–Trinajstić information content (AvgIpc) is 3.28. The first kappa shape index (κ1) is 28.4. The Bertz CT molecular complexity index is 1220. The lowest BCUT2D eigenvalue weighted by molar-refractivity contribution is -0.148. The summed E-state index contributed by atoms with van der Waals surface area (Å²) in [6.07, 6.45) is 9.34. The zero-order valence-electron chi connectivity index (χ0n) is 24.1. The molecular weight excluding hydrogens is 498 g/mol. The Balaban J connectivity index is 1.63. The maximum atomic E-state index is 12.9. The van der Waals surface area contributed by atoms with E-state index >= 15 is 0 Å². The Morgan fingerprint density at radius 3 is 2.54 bits per heavy atom. The quantitative estimate of drug-likeness (QED) is 0.529. The number of allylic oxidation sites excluding steroid dienone is 2. The summed E-state index contributed by atoms with van der Waals surface area (Å²) in [4.78, 5) is 38.8. The molecule has 2 aromatic heterocycles. The molecule has 3 heterocycles. The number of carbonyl (C=O) groups is 2. The molecule has 212 valence electrons. The van der Waals surface area contributed by atoms with E-state index in [9.17, 15) is 9.59 Å². The first-order chi connectivity index (χ1) is 18.4. The van der Waals surface area contributed by atoms with Gasteiger partial charge in [-0.05, 0) is 66.4 Å². The lowest BCUT2D eigenvalue weighted by Crippen LogP contribution is -2.59. The largest absolute Gasteiger partial charge is 0.466 e. The average molecular weight is 540 g/mol. The van der Waals surface area contributed by atoms with E-state index in [-0.39, 0.29) is 30.1 Å². The van der Waals surface area contributed by atoms with Crippen LogP contribution in [0.3, 0.4) is 0 Å². The summed E-state index contributed by atoms with van der Waals surface area (Å²) in [5.41, 5.74) is 2.30. The van der Waals surface area contributed by atoms with Gasteiger partial charge < -0.3 is 24.6 Å². The van der Waals surface area contributed by atoms with Crippen molar-refractivity contribution in [3.8, 4) is 0 Å². The molecule has 2 aromatic rings. The molecule has 2 aliphatic rings. The Morgan fingerprint density at radius 2 is 1.92 bits per heavy atom. The van der Waals surface area contributed by atoms with Crippen LogP contribution in [0.4, 0.5) is 22.2 Å². The van der Waals surface area contributed by atoms with Crippen molar-refractivity contribution in [2.75, 3.05) is 29.9 Å². The van der Waals surface area contributed by atoms with Crippen molar-refractivity contribution >= 4 is 35.1 Å². The molecule has 11 nitrogen and oxygen atoms in total. The molecule has 0 saturated carbocycles. The smallest absolute Gasteiger partial charge is 0.410 e. The molecule has 1 saturated heterocycles. The molecule has 1 unspecified atom stereocenters. The third-order valence-corrected chi connectivity index (χ3v) is 6.99. The van der Waals surface area contributed by atoms with Crippen LogP contribution in [0.2, 0.25) is 0 Å². The zero-order chi connectivity index (χ0) is 28.3. The van der Waals surface area contributed by atoms with Gasteiger partial charge in [0.25, 0.3) is 0 Å². The van der Waals surface area contributed by atoms with E-state index in [1.807, 2.05) is 54.1 Å². The summed E-state index contributed by atoms with van der Waals surface area (Å²) >= 11 is 0. The van der Waals surface area contributed by atoms with Gasteiger partial charge in [-0.1, -0.05) is 6.08 Å². The molecule has 1 amide bonds. The molecule has 0 spiro atoms. The summed E-state index contributed by atoms with van der Waals surface area (Å²) < 4.78 is 12.6. The predicted molar refractivity (Wildman–Crippen MR) is 150 cm³/mol. The van der Waals surface area contributed by atoms with Crippen LogP contribution < -0.4 is 10.2 Å². The number of nitrogens with one attached hydrogen (secondary N) is 1. The molecule has 1 N–H and O–H groups in total. The van der Waals surface area contributed by atoms with Crippen LogP contribution in [0.5, 0.6) is 0 Å². The van der Waals surface area contributed by atoms with Gasteiger partial charge in [0.15, 0.2) is 0 Å². The summed E-state index contributed by atoms with van der Waals surface area (Å²) in [6, 6.07) is -0.0905. The van der Waals surface area contributed by atoms with Crippen molar-refractivity contribution in [3.63, 3.8) is 0 Å². The third-order valence-electron chi connectivity index (χ3n) is 6.99. The maximum absolute atomic E-state index is 12.9. The van der Waals surface area contributed by atoms with Gasteiger partial charge in [0.1, 0.15) is 11.4 Å². The molecule has 39 heavy (non-hydrogen) atoms. The van der Waals surface area contributed by atoms with Crippen molar-refractivity contribution in [3.05, 3.63) is 30.2 Å². The second-order valence-electron chi connectivity index (χ2n) is 11.4. The Hall–Kier alpha value is -3.63. The molecule has 4 rings (SSSR count). The van der Waals surface area contributed by atoms with Gasteiger partial charge in [-0.3, -0.25) is 9.48 Å². The van der Waals surface area contributed by atoms with Crippen LogP contribution in [-0.4, -0.2) is 74.1 Å². The van der Waals surface area contributed by atoms with E-state index < -0.39 is 5.60 Å². The molecule has 1 aliphatic carbocycles. The number of nitrogens with zero attached hydrogens (tertiary/aromatic N) is 6. The molecule has 0 radical (unpaired) electrons. The SMILES string of the molecule is CCOC(=O)C1CC=C(c2cnc(Nc3cnn(C)c3)nc2N2C[C@@H](C)N(C(=O)OC(C)(C)C)C[C@@H]2C)CC1. The number of rotatable bonds is 6. The normalized spacial score (nSPS) is 21.8. The molecule has 3 atom stereocenters. The Labute approximate surface area is 230 Å². The van der Waals surface area contributed by atoms with Crippen LogP contribution in [0.15, 0.2) is 24.7 Å². The summed E-state index contributed by atoms with van der Waals surface area (Å²) in [5.74, 6) is 1.01. The van der Waals surface area contributed by atoms with Gasteiger partial charge in [-0.25, -0.2) is 9.78 Å². The summed E-state index contributed by atoms with van der Waals surface area (Å²) in [7, 11) is 1.85. The number of aryl methyl sites for hydroxylation is 1. The van der Waals surface area contributed by atoms with Crippen LogP contribution in [-0.2, 0) is 21.3 Å². The fourth-order valence-electron chi connectivity index (χ4n) is 5.04. The zero-order valence-corrected chi connectivity index (χ0v) is 24.1. The molecule has 0 aromatic carbocycles. The lowest BCUT2D eigenvalue weighted by atomic mass is 9.87. The standard InChI is InChI=1S/C28H41N7O4/c1-8-38-25(36)21-11-9-20(10-12-21)23-14-29-26(31-22-13-30-33(7)17-22)32-24(23)34-15-19(3)35(16-18(34)2)27(37)39-28(4,5)6/h9,13-14,17-19,21H,8,10-12,15-16H2,1-7H3,(H,29,31,32)/t18-,19+,21?/m0/s1. The highest BCUT2D eigenvalue weighted by molar-refractivity contribution is 5.79. The van der Waals surface area contributed by atoms with Crippen LogP contribution in [0, 0.1) is 5.92 Å². The van der Waals surface area contributed by atoms with E-state index in [1.165, 1.54) is 0 Å². The predicted octanol–water partition coefficient (Wildman–Crippen LogP) is 4.53. The summed E-state index contributed by atoms with van der Waals surface area (Å²) in [6.45, 7) is 13.1. The highest BCUT2D eigenvalue weighted by Crippen LogP contribution is 2.37. The Kier molecular flexibility index (Phi) is 8.46. The number of hydrogen-bond acceptors (Lipinski definition) is 9. The minimum atomic E-state index is -0.557. The van der Waals surface area contributed by atoms with Crippen molar-refractivity contribution < 1.29 is 19.1 Å². The van der Waals surface area contributed by atoms with E-state index in [1.54, 1.807) is 15.8 Å². The summed E-state index contributed by atoms with van der Waals surface area (Å²) in [5, 5.41) is 7.47. The van der Waals surface area contributed by atoms with Crippen LogP contribution >= 0.6 is 0 Å². The molecule has 1 aliphatic heterocycles. The monoisotopic (exact) mass is 539 g/mol. The number of amides is 1. The van der Waals surface area contributed by atoms with E-state index in [2.05, 4.69) is 33.3 Å². The van der Waals surface area contributed by atoms with Crippen molar-refractivity contribution in [2.24, 2.45) is 13.0 Å². The van der Waals surface area contributed by atoms with Gasteiger partial charge in [0, 0.05) is 50.2 Å². The fraction of sp³-hybridized carbons (Fsp3) is 0.607. The Morgan fingerprint density at radius 1 is 1.15 bits per heavy atom. The number of ether oxygens (including phenoxy) is 2. The second kappa shape index (κ2) is 11.6. The van der Waals surface area contributed by atoms with Crippen LogP contribution in [0.1, 0.15) is 66.4 Å². The van der Waals surface area contributed by atoms with Crippen LogP contribution in [0.25, 0.3) is 5.57 Å². The molecule has 11 heteroatoms. The van der Waals surface area contributed by atoms with Gasteiger partial charge in [-0.15, -0.1) is 0 Å². The lowest BCUT2D eigenvalue weighted by Gasteiger charge is -2.45. The van der Waals surface area contributed by atoms with E-state index in [4.69, 9.17) is 14.5 Å². The van der Waals surface area contributed by atoms with Crippen molar-refractivity contribution in [2.45, 2.75) is 78.5 Å². The minimum absolute atomic E-state index is 0.00918. The minimum Gasteiger partial charge on any atom is -0.466 e. The fourth-order valence-corrected chi connectivity index (χ4v) is 5.04. The number of aromatic nitrogens is 4. The van der Waals surface area contributed by atoms with E-state index in [0.717, 1.165) is 35.5 Å². The molecule has 0 bridgehead atoms. The molecule has 1 fully saturated rings. The number of esters is 1. The number of piperazine rings is 1. The number of anilines is 3. The third kappa shape index (κ3) is 6.88.